The van der Waals surface area contributed by atoms with Gasteiger partial charge in [-0.2, -0.15) is 0 Å². The van der Waals surface area contributed by atoms with Gasteiger partial charge >= 0.3 is 6.09 Å². The molecule has 1 fully saturated rings. The maximum atomic E-state index is 14.6. The summed E-state index contributed by atoms with van der Waals surface area (Å²) in [5.41, 5.74) is 3.62. The number of aliphatic hydroxyl groups excluding tert-OH is 2. The number of nitro benzene ring substituents is 2. The Morgan fingerprint density at radius 3 is 2.31 bits per heavy atom. The number of aliphatic hydroxyl groups is 2. The Balaban J connectivity index is 1.36. The van der Waals surface area contributed by atoms with Crippen LogP contribution in [0.25, 0.3) is 0 Å². The molecule has 6 unspecified atom stereocenters. The first-order valence-corrected chi connectivity index (χ1v) is 24.0. The van der Waals surface area contributed by atoms with Gasteiger partial charge in [0.05, 0.1) is 47.4 Å². The van der Waals surface area contributed by atoms with Gasteiger partial charge in [-0.1, -0.05) is 73.5 Å². The van der Waals surface area contributed by atoms with Crippen LogP contribution in [0.15, 0.2) is 127 Å². The number of rotatable bonds is 26. The van der Waals surface area contributed by atoms with Crippen molar-refractivity contribution >= 4 is 23.2 Å². The third-order valence-electron chi connectivity index (χ3n) is 13.1. The van der Waals surface area contributed by atoms with E-state index in [1.54, 1.807) is 47.4 Å². The first-order valence-electron chi connectivity index (χ1n) is 24.0. The molecule has 3 aliphatic rings. The number of nitro groups is 2. The SMILES string of the molecule is C=CCOC12Oc3ccc(Oc4cccc([N+](=O)[O-])c4)cc3C3C(CCCCO)C(CCCCO)C=C(C(=NOCc4ccc([N+](=O)[O-])cc4)CC1N(CCC)C(=O)OCCOCc1ccccc1)C32. The van der Waals surface area contributed by atoms with E-state index in [2.05, 4.69) is 12.7 Å². The first kappa shape index (κ1) is 51.2. The fraction of sp³-hybridized carbons (Fsp3) is 0.434. The summed E-state index contributed by atoms with van der Waals surface area (Å²) in [5.74, 6) is -1.53. The summed E-state index contributed by atoms with van der Waals surface area (Å²) in [6.07, 6.45) is 7.95. The first-order chi connectivity index (χ1) is 34.1. The van der Waals surface area contributed by atoms with Crippen molar-refractivity contribution in [2.45, 2.75) is 89.3 Å². The highest BCUT2D eigenvalue weighted by Gasteiger charge is 2.65. The van der Waals surface area contributed by atoms with E-state index in [4.69, 9.17) is 33.7 Å². The van der Waals surface area contributed by atoms with E-state index in [1.807, 2.05) is 43.3 Å². The van der Waals surface area contributed by atoms with Crippen molar-refractivity contribution in [1.29, 1.82) is 0 Å². The molecule has 1 saturated carbocycles. The zero-order valence-corrected chi connectivity index (χ0v) is 39.5. The molecule has 1 aliphatic heterocycles. The summed E-state index contributed by atoms with van der Waals surface area (Å²) in [6.45, 7) is 6.81. The summed E-state index contributed by atoms with van der Waals surface area (Å²) < 4.78 is 32.6. The topological polar surface area (TPSA) is 215 Å². The Morgan fingerprint density at radius 1 is 0.871 bits per heavy atom. The lowest BCUT2D eigenvalue weighted by molar-refractivity contribution is -0.385. The molecule has 1 heterocycles. The van der Waals surface area contributed by atoms with Gasteiger partial charge in [-0.25, -0.2) is 4.79 Å². The molecule has 70 heavy (non-hydrogen) atoms. The fourth-order valence-corrected chi connectivity index (χ4v) is 10.1. The van der Waals surface area contributed by atoms with Crippen molar-refractivity contribution in [3.8, 4) is 17.2 Å². The number of hydrogen-bond donors (Lipinski definition) is 2. The van der Waals surface area contributed by atoms with Gasteiger partial charge in [-0.3, -0.25) is 25.1 Å². The van der Waals surface area contributed by atoms with E-state index in [1.165, 1.54) is 24.3 Å². The van der Waals surface area contributed by atoms with Gasteiger partial charge in [0.1, 0.15) is 36.5 Å². The predicted molar refractivity (Wildman–Crippen MR) is 260 cm³/mol. The molecule has 6 atom stereocenters. The molecule has 372 valence electrons. The van der Waals surface area contributed by atoms with E-state index in [0.717, 1.165) is 29.5 Å². The molecule has 4 aromatic carbocycles. The Morgan fingerprint density at radius 2 is 1.60 bits per heavy atom. The van der Waals surface area contributed by atoms with Crippen LogP contribution in [0, 0.1) is 38.0 Å². The van der Waals surface area contributed by atoms with Crippen molar-refractivity contribution in [2.75, 3.05) is 39.6 Å². The van der Waals surface area contributed by atoms with Gasteiger partial charge in [0.2, 0.25) is 5.79 Å². The maximum absolute atomic E-state index is 14.6. The summed E-state index contributed by atoms with van der Waals surface area (Å²) >= 11 is 0. The minimum Gasteiger partial charge on any atom is -0.459 e. The molecule has 4 aromatic rings. The number of hydrogen-bond acceptors (Lipinski definition) is 14. The number of carbonyl (C=O) groups is 1. The lowest BCUT2D eigenvalue weighted by Crippen LogP contribution is -2.70. The van der Waals surface area contributed by atoms with Gasteiger partial charge in [-0.15, -0.1) is 6.58 Å². The quantitative estimate of drug-likeness (QED) is 0.0260. The van der Waals surface area contributed by atoms with Crippen LogP contribution in [-0.2, 0) is 32.3 Å². The zero-order valence-electron chi connectivity index (χ0n) is 39.5. The molecule has 17 heteroatoms. The van der Waals surface area contributed by atoms with Crippen molar-refractivity contribution in [2.24, 2.45) is 22.9 Å². The Bertz CT molecular complexity index is 2470. The lowest BCUT2D eigenvalue weighted by atomic mass is 9.55. The highest BCUT2D eigenvalue weighted by molar-refractivity contribution is 6.03. The van der Waals surface area contributed by atoms with Crippen molar-refractivity contribution in [1.82, 2.24) is 4.90 Å². The average Bonchev–Trinajstić information content (AvgIpc) is 3.36. The second kappa shape index (κ2) is 24.8. The fourth-order valence-electron chi connectivity index (χ4n) is 10.1. The summed E-state index contributed by atoms with van der Waals surface area (Å²) in [5, 5.41) is 47.9. The Kier molecular flexibility index (Phi) is 18.1. The second-order valence-corrected chi connectivity index (χ2v) is 17.7. The number of fused-ring (bicyclic) bond motifs is 2. The van der Waals surface area contributed by atoms with Crippen LogP contribution in [0.3, 0.4) is 0 Å². The summed E-state index contributed by atoms with van der Waals surface area (Å²) in [7, 11) is 0. The number of non-ortho nitro benzene ring substituents is 2. The number of amides is 1. The highest BCUT2D eigenvalue weighted by Crippen LogP contribution is 2.62. The number of oxime groups is 1. The third kappa shape index (κ3) is 12.2. The zero-order chi connectivity index (χ0) is 49.5. The number of carbonyl (C=O) groups excluding carboxylic acids is 1. The van der Waals surface area contributed by atoms with Crippen molar-refractivity contribution in [3.63, 3.8) is 0 Å². The Labute approximate surface area is 407 Å². The van der Waals surface area contributed by atoms with E-state index in [0.29, 0.717) is 61.5 Å². The highest BCUT2D eigenvalue weighted by atomic mass is 16.7. The van der Waals surface area contributed by atoms with E-state index in [9.17, 15) is 35.2 Å². The number of nitrogens with zero attached hydrogens (tertiary/aromatic N) is 4. The van der Waals surface area contributed by atoms with Gasteiger partial charge < -0.3 is 38.7 Å². The van der Waals surface area contributed by atoms with Crippen LogP contribution in [0.1, 0.15) is 80.9 Å². The van der Waals surface area contributed by atoms with E-state index in [-0.39, 0.29) is 87.5 Å². The molecule has 17 nitrogen and oxygen atoms in total. The lowest BCUT2D eigenvalue weighted by Gasteiger charge is -2.59. The molecule has 2 aliphatic carbocycles. The van der Waals surface area contributed by atoms with Crippen LogP contribution in [-0.4, -0.2) is 88.2 Å². The van der Waals surface area contributed by atoms with Crippen LogP contribution >= 0.6 is 0 Å². The minimum absolute atomic E-state index is 0.00324. The number of ether oxygens (including phenoxy) is 5. The standard InChI is InChI=1S/C53H62N4O13/c1-3-25-55(52(60)66-30-29-65-35-37-13-6-5-7-14-37)49-34-47(54-68-36-38-19-21-40(22-20-38)56(61)62)45-31-39(15-8-10-26-58)44(18-9-11-27-59)50-46-33-43(69-42-17-12-16-41(32-42)57(63)64)23-24-48(46)70-53(49,51(45)50)67-28-4-2/h4-7,12-14,16-17,19-24,31-33,39,44,49-51,58-59H,2-3,8-11,15,18,25-30,34-36H2,1H3. The Hall–Kier alpha value is -6.66. The van der Waals surface area contributed by atoms with Crippen LogP contribution < -0.4 is 9.47 Å². The smallest absolute Gasteiger partial charge is 0.410 e. The largest absolute Gasteiger partial charge is 0.459 e. The number of allylic oxidation sites excluding steroid dienone is 1. The van der Waals surface area contributed by atoms with E-state index < -0.39 is 33.7 Å². The number of unbranched alkanes of at least 4 members (excludes halogenated alkanes) is 2. The molecule has 0 saturated heterocycles. The van der Waals surface area contributed by atoms with Gasteiger partial charge in [0.25, 0.3) is 11.4 Å². The maximum Gasteiger partial charge on any atom is 0.410 e. The van der Waals surface area contributed by atoms with Gasteiger partial charge in [-0.05, 0) is 97.0 Å². The molecule has 7 rings (SSSR count). The molecule has 0 radical (unpaired) electrons. The molecule has 2 N–H and O–H groups in total. The van der Waals surface area contributed by atoms with Crippen LogP contribution in [0.2, 0.25) is 0 Å². The molecular weight excluding hydrogens is 901 g/mol. The molecular formula is C53H62N4O13. The van der Waals surface area contributed by atoms with Gasteiger partial charge in [0, 0.05) is 55.9 Å². The van der Waals surface area contributed by atoms with Crippen LogP contribution in [0.5, 0.6) is 17.2 Å². The van der Waals surface area contributed by atoms with Crippen molar-refractivity contribution < 1.29 is 53.4 Å². The number of benzene rings is 4. The molecule has 0 bridgehead atoms. The average molecular weight is 963 g/mol. The molecule has 1 amide bonds. The molecule has 0 aromatic heterocycles. The van der Waals surface area contributed by atoms with E-state index >= 15 is 0 Å². The third-order valence-corrected chi connectivity index (χ3v) is 13.1. The van der Waals surface area contributed by atoms with Crippen molar-refractivity contribution in [3.05, 3.63) is 158 Å². The normalized spacial score (nSPS) is 21.6. The predicted octanol–water partition coefficient (Wildman–Crippen LogP) is 10.2. The molecule has 0 spiro atoms. The van der Waals surface area contributed by atoms with Gasteiger partial charge in [0.15, 0.2) is 0 Å². The summed E-state index contributed by atoms with van der Waals surface area (Å²) in [4.78, 5) is 44.6. The minimum atomic E-state index is -1.55. The van der Waals surface area contributed by atoms with Crippen LogP contribution in [0.4, 0.5) is 16.2 Å². The second-order valence-electron chi connectivity index (χ2n) is 17.7. The summed E-state index contributed by atoms with van der Waals surface area (Å²) in [6, 6.07) is 26.3. The monoisotopic (exact) mass is 962 g/mol.